The molecule has 2 aromatic carbocycles. The van der Waals surface area contributed by atoms with Crippen LogP contribution in [0.15, 0.2) is 36.4 Å². The quantitative estimate of drug-likeness (QED) is 0.824. The fourth-order valence-corrected chi connectivity index (χ4v) is 2.19. The molecule has 0 radical (unpaired) electrons. The lowest BCUT2D eigenvalue weighted by molar-refractivity contribution is -0.115. The van der Waals surface area contributed by atoms with Gasteiger partial charge in [0.2, 0.25) is 5.91 Å². The minimum absolute atomic E-state index is 0.137. The van der Waals surface area contributed by atoms with Crippen LogP contribution >= 0.6 is 23.2 Å². The first-order valence-corrected chi connectivity index (χ1v) is 7.15. The van der Waals surface area contributed by atoms with Crippen molar-refractivity contribution in [1.82, 2.24) is 0 Å². The Morgan fingerprint density at radius 2 is 1.82 bits per heavy atom. The molecule has 2 N–H and O–H groups in total. The van der Waals surface area contributed by atoms with Crippen LogP contribution in [0.2, 0.25) is 10.0 Å². The van der Waals surface area contributed by atoms with Gasteiger partial charge in [-0.3, -0.25) is 4.79 Å². The molecule has 0 aliphatic rings. The Bertz CT molecular complexity index is 695. The average Bonchev–Trinajstić information content (AvgIpc) is 2.46. The second kappa shape index (κ2) is 7.42. The van der Waals surface area contributed by atoms with E-state index in [0.29, 0.717) is 21.4 Å². The van der Waals surface area contributed by atoms with Gasteiger partial charge in [0.05, 0.1) is 10.7 Å². The van der Waals surface area contributed by atoms with Gasteiger partial charge in [0.1, 0.15) is 0 Å². The van der Waals surface area contributed by atoms with Crippen molar-refractivity contribution in [2.24, 2.45) is 0 Å². The molecule has 0 unspecified atom stereocenters. The molecule has 0 spiro atoms. The molecule has 7 heteroatoms. The number of benzene rings is 2. The van der Waals surface area contributed by atoms with Gasteiger partial charge in [-0.05, 0) is 36.4 Å². The summed E-state index contributed by atoms with van der Waals surface area (Å²) < 4.78 is 25.8. The second-order valence-electron chi connectivity index (χ2n) is 4.48. The predicted molar refractivity (Wildman–Crippen MR) is 84.6 cm³/mol. The molecule has 2 aromatic rings. The van der Waals surface area contributed by atoms with Gasteiger partial charge in [0.15, 0.2) is 11.6 Å². The van der Waals surface area contributed by atoms with E-state index in [1.54, 1.807) is 12.1 Å². The van der Waals surface area contributed by atoms with Crippen molar-refractivity contribution < 1.29 is 13.6 Å². The van der Waals surface area contributed by atoms with Gasteiger partial charge < -0.3 is 10.6 Å². The van der Waals surface area contributed by atoms with E-state index in [0.717, 1.165) is 12.1 Å². The summed E-state index contributed by atoms with van der Waals surface area (Å²) in [7, 11) is 0. The van der Waals surface area contributed by atoms with Crippen molar-refractivity contribution >= 4 is 40.5 Å². The number of carbonyl (C=O) groups is 1. The topological polar surface area (TPSA) is 41.1 Å². The maximum absolute atomic E-state index is 13.0. The van der Waals surface area contributed by atoms with E-state index in [-0.39, 0.29) is 18.9 Å². The minimum atomic E-state index is -0.942. The highest BCUT2D eigenvalue weighted by Crippen LogP contribution is 2.25. The standard InChI is InChI=1S/C15H12Cl2F2N2O/c16-9-1-4-14(11(17)7-9)21-15(22)5-6-20-10-2-3-12(18)13(19)8-10/h1-4,7-8,20H,5-6H2,(H,21,22). The SMILES string of the molecule is O=C(CCNc1ccc(F)c(F)c1)Nc1ccc(Cl)cc1Cl. The molecule has 0 aliphatic carbocycles. The lowest BCUT2D eigenvalue weighted by Crippen LogP contribution is -2.16. The van der Waals surface area contributed by atoms with Crippen LogP contribution in [0.1, 0.15) is 6.42 Å². The van der Waals surface area contributed by atoms with Crippen LogP contribution in [0.3, 0.4) is 0 Å². The van der Waals surface area contributed by atoms with E-state index >= 15 is 0 Å². The zero-order valence-electron chi connectivity index (χ0n) is 11.3. The molecule has 1 amide bonds. The number of nitrogens with one attached hydrogen (secondary N) is 2. The molecule has 0 aromatic heterocycles. The number of hydrogen-bond donors (Lipinski definition) is 2. The molecular formula is C15H12Cl2F2N2O. The Balaban J connectivity index is 1.83. The van der Waals surface area contributed by atoms with Crippen LogP contribution in [-0.2, 0) is 4.79 Å². The highest BCUT2D eigenvalue weighted by molar-refractivity contribution is 6.36. The second-order valence-corrected chi connectivity index (χ2v) is 5.32. The number of halogens is 4. The summed E-state index contributed by atoms with van der Waals surface area (Å²) in [4.78, 5) is 11.8. The summed E-state index contributed by atoms with van der Waals surface area (Å²) in [5.74, 6) is -2.12. The Kier molecular flexibility index (Phi) is 5.57. The predicted octanol–water partition coefficient (Wildman–Crippen LogP) is 4.71. The summed E-state index contributed by atoms with van der Waals surface area (Å²) >= 11 is 11.7. The number of hydrogen-bond acceptors (Lipinski definition) is 2. The van der Waals surface area contributed by atoms with Crippen LogP contribution in [0, 0.1) is 11.6 Å². The van der Waals surface area contributed by atoms with Crippen LogP contribution in [0.5, 0.6) is 0 Å². The Hall–Kier alpha value is -1.85. The maximum atomic E-state index is 13.0. The van der Waals surface area contributed by atoms with E-state index in [2.05, 4.69) is 10.6 Å². The molecule has 0 bridgehead atoms. The Morgan fingerprint density at radius 1 is 1.05 bits per heavy atom. The van der Waals surface area contributed by atoms with Crippen molar-refractivity contribution in [3.8, 4) is 0 Å². The van der Waals surface area contributed by atoms with Crippen LogP contribution in [0.4, 0.5) is 20.2 Å². The minimum Gasteiger partial charge on any atom is -0.384 e. The van der Waals surface area contributed by atoms with Crippen LogP contribution < -0.4 is 10.6 Å². The first-order chi connectivity index (χ1) is 10.5. The Morgan fingerprint density at radius 3 is 2.50 bits per heavy atom. The van der Waals surface area contributed by atoms with E-state index in [4.69, 9.17) is 23.2 Å². The van der Waals surface area contributed by atoms with E-state index in [1.807, 2.05) is 0 Å². The van der Waals surface area contributed by atoms with E-state index in [1.165, 1.54) is 12.1 Å². The maximum Gasteiger partial charge on any atom is 0.226 e. The van der Waals surface area contributed by atoms with E-state index < -0.39 is 11.6 Å². The van der Waals surface area contributed by atoms with Crippen LogP contribution in [-0.4, -0.2) is 12.5 Å². The molecule has 116 valence electrons. The van der Waals surface area contributed by atoms with Gasteiger partial charge in [-0.25, -0.2) is 8.78 Å². The first kappa shape index (κ1) is 16.5. The zero-order chi connectivity index (χ0) is 16.1. The third-order valence-corrected chi connectivity index (χ3v) is 3.35. The van der Waals surface area contributed by atoms with Crippen molar-refractivity contribution in [2.75, 3.05) is 17.2 Å². The average molecular weight is 345 g/mol. The first-order valence-electron chi connectivity index (χ1n) is 6.39. The number of amides is 1. The summed E-state index contributed by atoms with van der Waals surface area (Å²) in [5, 5.41) is 6.29. The van der Waals surface area contributed by atoms with Gasteiger partial charge in [-0.1, -0.05) is 23.2 Å². The van der Waals surface area contributed by atoms with Gasteiger partial charge in [-0.15, -0.1) is 0 Å². The highest BCUT2D eigenvalue weighted by Gasteiger charge is 2.07. The van der Waals surface area contributed by atoms with Crippen molar-refractivity contribution in [2.45, 2.75) is 6.42 Å². The van der Waals surface area contributed by atoms with Gasteiger partial charge in [0.25, 0.3) is 0 Å². The molecule has 0 fully saturated rings. The summed E-state index contributed by atoms with van der Waals surface area (Å²) in [5.41, 5.74) is 0.861. The molecule has 0 atom stereocenters. The molecule has 0 aliphatic heterocycles. The lowest BCUT2D eigenvalue weighted by atomic mass is 10.2. The molecule has 0 heterocycles. The lowest BCUT2D eigenvalue weighted by Gasteiger charge is -2.09. The number of anilines is 2. The fraction of sp³-hybridized carbons (Fsp3) is 0.133. The highest BCUT2D eigenvalue weighted by atomic mass is 35.5. The normalized spacial score (nSPS) is 10.4. The monoisotopic (exact) mass is 344 g/mol. The number of carbonyl (C=O) groups excluding carboxylic acids is 1. The molecule has 0 saturated heterocycles. The third kappa shape index (κ3) is 4.58. The number of rotatable bonds is 5. The molecule has 22 heavy (non-hydrogen) atoms. The van der Waals surface area contributed by atoms with Gasteiger partial charge in [0, 0.05) is 23.7 Å². The van der Waals surface area contributed by atoms with E-state index in [9.17, 15) is 13.6 Å². The molecular weight excluding hydrogens is 333 g/mol. The summed E-state index contributed by atoms with van der Waals surface area (Å²) in [6.45, 7) is 0.266. The van der Waals surface area contributed by atoms with Crippen molar-refractivity contribution in [1.29, 1.82) is 0 Å². The molecule has 2 rings (SSSR count). The Labute approximate surface area is 136 Å². The summed E-state index contributed by atoms with van der Waals surface area (Å²) in [6, 6.07) is 8.19. The van der Waals surface area contributed by atoms with Crippen LogP contribution in [0.25, 0.3) is 0 Å². The van der Waals surface area contributed by atoms with Gasteiger partial charge >= 0.3 is 0 Å². The summed E-state index contributed by atoms with van der Waals surface area (Å²) in [6.07, 6.45) is 0.137. The zero-order valence-corrected chi connectivity index (χ0v) is 12.8. The third-order valence-electron chi connectivity index (χ3n) is 2.81. The van der Waals surface area contributed by atoms with Crippen molar-refractivity contribution in [3.05, 3.63) is 58.1 Å². The van der Waals surface area contributed by atoms with Crippen molar-refractivity contribution in [3.63, 3.8) is 0 Å². The molecule has 3 nitrogen and oxygen atoms in total. The molecule has 0 saturated carbocycles. The fourth-order valence-electron chi connectivity index (χ4n) is 1.73. The smallest absolute Gasteiger partial charge is 0.226 e. The largest absolute Gasteiger partial charge is 0.384 e. The van der Waals surface area contributed by atoms with Gasteiger partial charge in [-0.2, -0.15) is 0 Å².